The number of halogens is 1. The van der Waals surface area contributed by atoms with Crippen LogP contribution in [0.15, 0.2) is 66.9 Å². The number of piperidine rings is 1. The van der Waals surface area contributed by atoms with Gasteiger partial charge in [-0.2, -0.15) is 0 Å². The monoisotopic (exact) mass is 472 g/mol. The molecule has 1 saturated heterocycles. The summed E-state index contributed by atoms with van der Waals surface area (Å²) in [6.45, 7) is 4.28. The van der Waals surface area contributed by atoms with E-state index in [1.807, 2.05) is 31.2 Å². The summed E-state index contributed by atoms with van der Waals surface area (Å²) in [4.78, 5) is 19.9. The molecule has 0 saturated carbocycles. The number of pyridine rings is 1. The Kier molecular flexibility index (Phi) is 6.40. The number of carbonyl (C=O) groups excluding carboxylic acids is 1. The van der Waals surface area contributed by atoms with Crippen LogP contribution in [-0.2, 0) is 13.0 Å². The molecule has 6 nitrogen and oxygen atoms in total. The molecular weight excluding hydrogens is 443 g/mol. The van der Waals surface area contributed by atoms with Crippen molar-refractivity contribution in [1.82, 2.24) is 14.7 Å². The molecule has 0 aliphatic carbocycles. The number of fused-ring (bicyclic) bond motifs is 1. The fourth-order valence-corrected chi connectivity index (χ4v) is 4.87. The van der Waals surface area contributed by atoms with Crippen LogP contribution >= 0.6 is 0 Å². The fraction of sp³-hybridized carbons (Fsp3) is 0.286. The normalized spacial score (nSPS) is 14.4. The van der Waals surface area contributed by atoms with Crippen LogP contribution in [0.1, 0.15) is 53.0 Å². The summed E-state index contributed by atoms with van der Waals surface area (Å²) in [5.74, 6) is 0.151. The van der Waals surface area contributed by atoms with E-state index < -0.39 is 0 Å². The summed E-state index contributed by atoms with van der Waals surface area (Å²) in [7, 11) is 0. The van der Waals surface area contributed by atoms with Crippen LogP contribution in [0.4, 0.5) is 10.1 Å². The highest BCUT2D eigenvalue weighted by Gasteiger charge is 2.21. The van der Waals surface area contributed by atoms with Crippen molar-refractivity contribution < 1.29 is 14.3 Å². The van der Waals surface area contributed by atoms with E-state index in [4.69, 9.17) is 0 Å². The van der Waals surface area contributed by atoms with Gasteiger partial charge in [-0.25, -0.2) is 9.37 Å². The lowest BCUT2D eigenvalue weighted by Crippen LogP contribution is -2.32. The van der Waals surface area contributed by atoms with Crippen LogP contribution in [-0.4, -0.2) is 33.5 Å². The number of aromatic nitrogens is 2. The Labute approximate surface area is 204 Å². The quantitative estimate of drug-likeness (QED) is 0.412. The van der Waals surface area contributed by atoms with Gasteiger partial charge in [-0.05, 0) is 72.7 Å². The van der Waals surface area contributed by atoms with Crippen LogP contribution in [0.2, 0.25) is 0 Å². The molecule has 0 spiro atoms. The lowest BCUT2D eigenvalue weighted by atomic mass is 9.89. The molecule has 1 aliphatic heterocycles. The summed E-state index contributed by atoms with van der Waals surface area (Å²) < 4.78 is 14.8. The Balaban J connectivity index is 1.20. The summed E-state index contributed by atoms with van der Waals surface area (Å²) in [6, 6.07) is 18.4. The second-order valence-corrected chi connectivity index (χ2v) is 9.04. The van der Waals surface area contributed by atoms with Gasteiger partial charge in [0.2, 0.25) is 0 Å². The van der Waals surface area contributed by atoms with E-state index in [0.717, 1.165) is 31.5 Å². The number of amides is 1. The molecule has 4 aromatic rings. The Hall–Kier alpha value is -3.87. The molecule has 0 atom stereocenters. The topological polar surface area (TPSA) is 69.9 Å². The second-order valence-electron chi connectivity index (χ2n) is 9.04. The van der Waals surface area contributed by atoms with Crippen LogP contribution in [0.25, 0.3) is 5.65 Å². The lowest BCUT2D eigenvalue weighted by Gasteiger charge is -2.34. The van der Waals surface area contributed by atoms with Crippen LogP contribution < -0.4 is 10.2 Å². The number of nitrogens with one attached hydrogen (secondary N) is 1. The summed E-state index contributed by atoms with van der Waals surface area (Å²) in [6.07, 6.45) is 4.22. The molecule has 3 heterocycles. The average Bonchev–Trinajstić information content (AvgIpc) is 3.26. The Morgan fingerprint density at radius 2 is 1.77 bits per heavy atom. The van der Waals surface area contributed by atoms with Gasteiger partial charge in [0.1, 0.15) is 22.9 Å². The highest BCUT2D eigenvalue weighted by molar-refractivity contribution is 5.94. The number of imidazole rings is 1. The van der Waals surface area contributed by atoms with Gasteiger partial charge >= 0.3 is 0 Å². The van der Waals surface area contributed by atoms with Crippen LogP contribution in [0.5, 0.6) is 5.75 Å². The minimum atomic E-state index is -0.216. The molecule has 1 aliphatic rings. The Morgan fingerprint density at radius 1 is 1.06 bits per heavy atom. The third-order valence-corrected chi connectivity index (χ3v) is 6.82. The van der Waals surface area contributed by atoms with E-state index in [-0.39, 0.29) is 17.5 Å². The fourth-order valence-electron chi connectivity index (χ4n) is 4.87. The molecule has 0 bridgehead atoms. The van der Waals surface area contributed by atoms with Gasteiger partial charge in [-0.1, -0.05) is 31.2 Å². The number of anilines is 1. The third-order valence-electron chi connectivity index (χ3n) is 6.82. The van der Waals surface area contributed by atoms with Gasteiger partial charge in [-0.15, -0.1) is 0 Å². The summed E-state index contributed by atoms with van der Waals surface area (Å²) >= 11 is 0. The molecule has 2 N–H and O–H groups in total. The smallest absolute Gasteiger partial charge is 0.270 e. The highest BCUT2D eigenvalue weighted by atomic mass is 19.1. The van der Waals surface area contributed by atoms with Gasteiger partial charge < -0.3 is 15.3 Å². The number of nitrogens with zero attached hydrogens (tertiary/aromatic N) is 3. The zero-order valence-electron chi connectivity index (χ0n) is 19.7. The molecule has 1 fully saturated rings. The molecule has 2 aromatic carbocycles. The number of aryl methyl sites for hydroxylation is 1. The number of carbonyl (C=O) groups is 1. The Bertz CT molecular complexity index is 1320. The van der Waals surface area contributed by atoms with Gasteiger partial charge in [0.05, 0.1) is 11.9 Å². The first-order valence-electron chi connectivity index (χ1n) is 12.1. The van der Waals surface area contributed by atoms with Crippen LogP contribution in [0, 0.1) is 5.82 Å². The predicted molar refractivity (Wildman–Crippen MR) is 134 cm³/mol. The molecule has 0 radical (unpaired) electrons. The zero-order chi connectivity index (χ0) is 24.4. The van der Waals surface area contributed by atoms with E-state index >= 15 is 0 Å². The van der Waals surface area contributed by atoms with Gasteiger partial charge in [0.15, 0.2) is 0 Å². The number of rotatable bonds is 6. The molecule has 7 heteroatoms. The first-order chi connectivity index (χ1) is 17.0. The highest BCUT2D eigenvalue weighted by Crippen LogP contribution is 2.30. The largest absolute Gasteiger partial charge is 0.506 e. The SMILES string of the molecule is CCc1nc2ccc(O)cn2c1C(=O)NCc1ccc(N2CCC(c3ccc(F)cc3)CC2)cc1. The standard InChI is InChI=1S/C28H29FN4O2/c1-2-25-27(33-18-24(34)11-12-26(33)31-25)28(35)30-17-19-3-9-23(10-4-19)32-15-13-21(14-16-32)20-5-7-22(29)8-6-20/h3-12,18,21,34H,2,13-17H2,1H3,(H,30,35). The first-order valence-corrected chi connectivity index (χ1v) is 12.1. The van der Waals surface area contributed by atoms with Crippen molar-refractivity contribution in [3.05, 3.63) is 95.2 Å². The van der Waals surface area contributed by atoms with E-state index in [0.29, 0.717) is 35.9 Å². The van der Waals surface area contributed by atoms with Crippen molar-refractivity contribution in [2.45, 2.75) is 38.6 Å². The minimum absolute atomic E-state index is 0.0869. The maximum atomic E-state index is 13.2. The van der Waals surface area contributed by atoms with Gasteiger partial charge in [0.25, 0.3) is 5.91 Å². The number of hydrogen-bond acceptors (Lipinski definition) is 4. The van der Waals surface area contributed by atoms with Crippen molar-refractivity contribution in [3.8, 4) is 5.75 Å². The number of aromatic hydroxyl groups is 1. The second kappa shape index (κ2) is 9.78. The number of benzene rings is 2. The van der Waals surface area contributed by atoms with E-state index in [1.54, 1.807) is 28.7 Å². The summed E-state index contributed by atoms with van der Waals surface area (Å²) in [5, 5.41) is 12.8. The molecule has 180 valence electrons. The van der Waals surface area contributed by atoms with Crippen molar-refractivity contribution in [2.24, 2.45) is 0 Å². The van der Waals surface area contributed by atoms with Crippen molar-refractivity contribution >= 4 is 17.2 Å². The predicted octanol–water partition coefficient (Wildman–Crippen LogP) is 5.06. The Morgan fingerprint density at radius 3 is 2.46 bits per heavy atom. The average molecular weight is 473 g/mol. The summed E-state index contributed by atoms with van der Waals surface area (Å²) in [5.41, 5.74) is 5.19. The third kappa shape index (κ3) is 4.85. The van der Waals surface area contributed by atoms with E-state index in [1.165, 1.54) is 17.4 Å². The molecule has 5 rings (SSSR count). The molecule has 2 aromatic heterocycles. The lowest BCUT2D eigenvalue weighted by molar-refractivity contribution is 0.0944. The van der Waals surface area contributed by atoms with Crippen LogP contribution in [0.3, 0.4) is 0 Å². The maximum Gasteiger partial charge on any atom is 0.270 e. The first kappa shape index (κ1) is 22.9. The molecule has 1 amide bonds. The zero-order valence-corrected chi connectivity index (χ0v) is 19.7. The van der Waals surface area contributed by atoms with Crippen molar-refractivity contribution in [2.75, 3.05) is 18.0 Å². The van der Waals surface area contributed by atoms with Gasteiger partial charge in [-0.3, -0.25) is 9.20 Å². The van der Waals surface area contributed by atoms with E-state index in [2.05, 4.69) is 27.3 Å². The number of hydrogen-bond donors (Lipinski definition) is 2. The molecule has 0 unspecified atom stereocenters. The van der Waals surface area contributed by atoms with Gasteiger partial charge in [0, 0.05) is 25.3 Å². The van der Waals surface area contributed by atoms with Crippen molar-refractivity contribution in [3.63, 3.8) is 0 Å². The minimum Gasteiger partial charge on any atom is -0.506 e. The molecule has 35 heavy (non-hydrogen) atoms. The van der Waals surface area contributed by atoms with E-state index in [9.17, 15) is 14.3 Å². The van der Waals surface area contributed by atoms with Crippen molar-refractivity contribution in [1.29, 1.82) is 0 Å². The maximum absolute atomic E-state index is 13.2. The molecular formula is C28H29FN4O2.